The third-order valence-electron chi connectivity index (χ3n) is 6.60. The summed E-state index contributed by atoms with van der Waals surface area (Å²) in [4.78, 5) is 19.8. The molecule has 0 saturated carbocycles. The van der Waals surface area contributed by atoms with Crippen molar-refractivity contribution < 1.29 is 4.79 Å². The van der Waals surface area contributed by atoms with E-state index in [1.807, 2.05) is 76.8 Å². The second kappa shape index (κ2) is 10.8. The summed E-state index contributed by atoms with van der Waals surface area (Å²) in [6, 6.07) is 36.3. The molecule has 0 saturated heterocycles. The van der Waals surface area contributed by atoms with E-state index in [-0.39, 0.29) is 11.9 Å². The summed E-state index contributed by atoms with van der Waals surface area (Å²) in [6.45, 7) is 0.525. The molecular formula is C32H26N4OS. The maximum atomic E-state index is 14.0. The fourth-order valence-corrected chi connectivity index (χ4v) is 5.53. The van der Waals surface area contributed by atoms with Crippen molar-refractivity contribution >= 4 is 28.3 Å². The van der Waals surface area contributed by atoms with Gasteiger partial charge in [-0.15, -0.1) is 11.3 Å². The summed E-state index contributed by atoms with van der Waals surface area (Å²) >= 11 is 1.64. The van der Waals surface area contributed by atoms with Crippen LogP contribution in [0.15, 0.2) is 121 Å². The van der Waals surface area contributed by atoms with Crippen LogP contribution in [0.1, 0.15) is 33.2 Å². The van der Waals surface area contributed by atoms with E-state index >= 15 is 0 Å². The zero-order valence-electron chi connectivity index (χ0n) is 20.7. The number of thiophene rings is 1. The Kier molecular flexibility index (Phi) is 6.79. The van der Waals surface area contributed by atoms with Crippen molar-refractivity contribution in [2.24, 2.45) is 0 Å². The molecule has 0 unspecified atom stereocenters. The Balaban J connectivity index is 1.42. The van der Waals surface area contributed by atoms with E-state index in [0.717, 1.165) is 32.5 Å². The summed E-state index contributed by atoms with van der Waals surface area (Å²) in [7, 11) is 0. The summed E-state index contributed by atoms with van der Waals surface area (Å²) in [6.07, 6.45) is 2.47. The molecule has 3 aromatic heterocycles. The maximum Gasteiger partial charge on any atom is 0.273 e. The zero-order valence-corrected chi connectivity index (χ0v) is 21.5. The third kappa shape index (κ3) is 4.99. The number of carbonyl (C=O) groups excluding carboxylic acids is 1. The number of nitrogens with zero attached hydrogens (tertiary/aromatic N) is 3. The average molecular weight is 515 g/mol. The number of hydrogen-bond acceptors (Lipinski definition) is 4. The van der Waals surface area contributed by atoms with Gasteiger partial charge >= 0.3 is 0 Å². The van der Waals surface area contributed by atoms with Gasteiger partial charge in [-0.1, -0.05) is 97.1 Å². The first-order valence-electron chi connectivity index (χ1n) is 12.6. The van der Waals surface area contributed by atoms with E-state index < -0.39 is 0 Å². The molecule has 5 nitrogen and oxygen atoms in total. The van der Waals surface area contributed by atoms with Gasteiger partial charge < -0.3 is 5.32 Å². The van der Waals surface area contributed by atoms with Gasteiger partial charge in [0, 0.05) is 16.6 Å². The van der Waals surface area contributed by atoms with Gasteiger partial charge in [-0.2, -0.15) is 5.10 Å². The Labute approximate surface area is 225 Å². The van der Waals surface area contributed by atoms with E-state index in [9.17, 15) is 4.79 Å². The molecule has 6 heteroatoms. The highest BCUT2D eigenvalue weighted by atomic mass is 32.1. The highest BCUT2D eigenvalue weighted by molar-refractivity contribution is 7.13. The molecule has 186 valence electrons. The minimum absolute atomic E-state index is 0.206. The van der Waals surface area contributed by atoms with Crippen LogP contribution in [0.25, 0.3) is 21.5 Å². The Morgan fingerprint density at radius 2 is 1.50 bits per heavy atom. The van der Waals surface area contributed by atoms with Gasteiger partial charge in [0.1, 0.15) is 0 Å². The molecule has 0 fully saturated rings. The number of rotatable bonds is 8. The number of benzene rings is 3. The highest BCUT2D eigenvalue weighted by Crippen LogP contribution is 2.33. The van der Waals surface area contributed by atoms with Gasteiger partial charge in [0.2, 0.25) is 0 Å². The predicted molar refractivity (Wildman–Crippen MR) is 153 cm³/mol. The molecule has 38 heavy (non-hydrogen) atoms. The Morgan fingerprint density at radius 3 is 2.18 bits per heavy atom. The number of pyridine rings is 1. The average Bonchev–Trinajstić information content (AvgIpc) is 3.63. The summed E-state index contributed by atoms with van der Waals surface area (Å²) in [5.41, 5.74) is 5.36. The van der Waals surface area contributed by atoms with E-state index in [0.29, 0.717) is 24.3 Å². The van der Waals surface area contributed by atoms with Gasteiger partial charge in [-0.25, -0.2) is 9.67 Å². The Morgan fingerprint density at radius 1 is 0.816 bits per heavy atom. The number of aromatic nitrogens is 3. The van der Waals surface area contributed by atoms with Crippen molar-refractivity contribution in [3.63, 3.8) is 0 Å². The van der Waals surface area contributed by atoms with Crippen molar-refractivity contribution in [2.75, 3.05) is 0 Å². The number of nitrogens with one attached hydrogen (secondary N) is 1. The minimum atomic E-state index is -0.211. The lowest BCUT2D eigenvalue weighted by Crippen LogP contribution is -2.30. The molecule has 0 aliphatic rings. The second-order valence-electron chi connectivity index (χ2n) is 9.15. The van der Waals surface area contributed by atoms with Gasteiger partial charge in [-0.3, -0.25) is 4.79 Å². The summed E-state index contributed by atoms with van der Waals surface area (Å²) in [5, 5.41) is 11.0. The topological polar surface area (TPSA) is 59.8 Å². The predicted octanol–water partition coefficient (Wildman–Crippen LogP) is 6.92. The molecule has 1 amide bonds. The van der Waals surface area contributed by atoms with Gasteiger partial charge in [-0.05, 0) is 40.6 Å². The maximum absolute atomic E-state index is 14.0. The molecule has 1 atom stereocenters. The third-order valence-corrected chi connectivity index (χ3v) is 7.50. The van der Waals surface area contributed by atoms with Crippen LogP contribution in [-0.2, 0) is 13.0 Å². The molecule has 1 N–H and O–H groups in total. The van der Waals surface area contributed by atoms with Crippen LogP contribution in [0.3, 0.4) is 0 Å². The smallest absolute Gasteiger partial charge is 0.273 e. The van der Waals surface area contributed by atoms with Gasteiger partial charge in [0.15, 0.2) is 11.3 Å². The number of carbonyl (C=O) groups is 1. The molecule has 0 bridgehead atoms. The lowest BCUT2D eigenvalue weighted by molar-refractivity contribution is 0.0932. The lowest BCUT2D eigenvalue weighted by Gasteiger charge is -2.19. The summed E-state index contributed by atoms with van der Waals surface area (Å²) < 4.78 is 1.84. The normalized spacial score (nSPS) is 11.9. The van der Waals surface area contributed by atoms with Crippen molar-refractivity contribution in [3.8, 4) is 10.4 Å². The molecule has 0 aliphatic carbocycles. The largest absolute Gasteiger partial charge is 0.343 e. The van der Waals surface area contributed by atoms with Crippen LogP contribution in [0, 0.1) is 0 Å². The minimum Gasteiger partial charge on any atom is -0.343 e. The van der Waals surface area contributed by atoms with Crippen molar-refractivity contribution in [1.29, 1.82) is 0 Å². The van der Waals surface area contributed by atoms with Crippen LogP contribution in [0.4, 0.5) is 0 Å². The molecule has 6 rings (SSSR count). The number of fused-ring (bicyclic) bond motifs is 1. The molecule has 0 radical (unpaired) electrons. The fraction of sp³-hybridized carbons (Fsp3) is 0.0938. The molecule has 0 aliphatic heterocycles. The first kappa shape index (κ1) is 23.8. The van der Waals surface area contributed by atoms with E-state index in [1.165, 1.54) is 0 Å². The van der Waals surface area contributed by atoms with Crippen molar-refractivity contribution in [2.45, 2.75) is 19.0 Å². The Bertz CT molecular complexity index is 1650. The van der Waals surface area contributed by atoms with Crippen molar-refractivity contribution in [1.82, 2.24) is 20.1 Å². The molecular weight excluding hydrogens is 488 g/mol. The number of amides is 1. The van der Waals surface area contributed by atoms with E-state index in [1.54, 1.807) is 17.5 Å². The van der Waals surface area contributed by atoms with Crippen LogP contribution in [-0.4, -0.2) is 20.7 Å². The summed E-state index contributed by atoms with van der Waals surface area (Å²) in [5.74, 6) is -0.211. The molecule has 0 spiro atoms. The lowest BCUT2D eigenvalue weighted by atomic mass is 9.98. The van der Waals surface area contributed by atoms with Crippen LogP contribution in [0.2, 0.25) is 0 Å². The second-order valence-corrected chi connectivity index (χ2v) is 10.1. The molecule has 6 aromatic rings. The first-order valence-corrected chi connectivity index (χ1v) is 13.5. The standard InChI is InChI=1S/C32H26N4OS/c37-32(34-27(25-15-8-3-9-16-25)21-23-11-4-1-5-12-23)30-29-26(28-17-10-20-38-28)18-19-33-31(29)36(35-30)22-24-13-6-2-7-14-24/h1-20,27H,21-22H2,(H,34,37)/t27-/m0/s1. The van der Waals surface area contributed by atoms with Gasteiger partial charge in [0.05, 0.1) is 18.0 Å². The SMILES string of the molecule is O=C(N[C@@H](Cc1ccccc1)c1ccccc1)c1nn(Cc2ccccc2)c2nccc(-c3cccs3)c12. The number of hydrogen-bond donors (Lipinski definition) is 1. The first-order chi connectivity index (χ1) is 18.8. The van der Waals surface area contributed by atoms with E-state index in [4.69, 9.17) is 5.10 Å². The van der Waals surface area contributed by atoms with Crippen LogP contribution in [0.5, 0.6) is 0 Å². The quantitative estimate of drug-likeness (QED) is 0.240. The van der Waals surface area contributed by atoms with E-state index in [2.05, 4.69) is 52.8 Å². The van der Waals surface area contributed by atoms with Crippen LogP contribution >= 0.6 is 11.3 Å². The van der Waals surface area contributed by atoms with Crippen LogP contribution < -0.4 is 5.32 Å². The monoisotopic (exact) mass is 514 g/mol. The Hall–Kier alpha value is -4.55. The van der Waals surface area contributed by atoms with Gasteiger partial charge in [0.25, 0.3) is 5.91 Å². The van der Waals surface area contributed by atoms with Crippen molar-refractivity contribution in [3.05, 3.63) is 143 Å². The molecule has 3 aromatic carbocycles. The zero-order chi connectivity index (χ0) is 25.7. The molecule has 3 heterocycles. The highest BCUT2D eigenvalue weighted by Gasteiger charge is 2.25. The fourth-order valence-electron chi connectivity index (χ4n) is 4.77.